The predicted molar refractivity (Wildman–Crippen MR) is 104 cm³/mol. The van der Waals surface area contributed by atoms with Crippen LogP contribution >= 0.6 is 0 Å². The molecule has 6 heteroatoms. The number of aryl methyl sites for hydroxylation is 1. The number of anilines is 1. The number of hydrogen-bond donors (Lipinski definition) is 1. The van der Waals surface area contributed by atoms with Gasteiger partial charge in [0.15, 0.2) is 11.9 Å². The van der Waals surface area contributed by atoms with Crippen LogP contribution in [0.3, 0.4) is 0 Å². The van der Waals surface area contributed by atoms with Crippen LogP contribution in [0.1, 0.15) is 66.4 Å². The third-order valence-corrected chi connectivity index (χ3v) is 4.64. The Balaban J connectivity index is 2.08. The zero-order chi connectivity index (χ0) is 20.1. The first-order valence-corrected chi connectivity index (χ1v) is 9.02. The lowest BCUT2D eigenvalue weighted by Gasteiger charge is -2.18. The minimum atomic E-state index is -0.974. The lowest BCUT2D eigenvalue weighted by Crippen LogP contribution is -2.30. The van der Waals surface area contributed by atoms with Crippen molar-refractivity contribution in [2.75, 3.05) is 5.32 Å². The minimum Gasteiger partial charge on any atom is -0.448 e. The molecule has 2 rings (SSSR count). The molecule has 1 aromatic carbocycles. The first-order valence-electron chi connectivity index (χ1n) is 9.02. The van der Waals surface area contributed by atoms with Crippen molar-refractivity contribution in [1.29, 1.82) is 0 Å². The molecule has 0 fully saturated rings. The third kappa shape index (κ3) is 4.84. The van der Waals surface area contributed by atoms with Crippen molar-refractivity contribution in [3.05, 3.63) is 53.3 Å². The number of nitrogens with one attached hydrogen (secondary N) is 1. The highest BCUT2D eigenvalue weighted by Crippen LogP contribution is 2.26. The second-order valence-electron chi connectivity index (χ2n) is 6.71. The molecule has 0 spiro atoms. The van der Waals surface area contributed by atoms with E-state index in [9.17, 15) is 14.4 Å². The van der Waals surface area contributed by atoms with E-state index in [-0.39, 0.29) is 11.5 Å². The van der Waals surface area contributed by atoms with E-state index in [1.165, 1.54) is 24.5 Å². The molecule has 2 atom stereocenters. The summed E-state index contributed by atoms with van der Waals surface area (Å²) in [4.78, 5) is 36.3. The van der Waals surface area contributed by atoms with Gasteiger partial charge in [0.05, 0.1) is 0 Å². The molecule has 0 radical (unpaired) electrons. The number of rotatable bonds is 7. The summed E-state index contributed by atoms with van der Waals surface area (Å²) in [5, 5.41) is 2.84. The summed E-state index contributed by atoms with van der Waals surface area (Å²) in [6.07, 6.45) is 1.54. The Morgan fingerprint density at radius 2 is 1.85 bits per heavy atom. The Morgan fingerprint density at radius 3 is 2.44 bits per heavy atom. The Hall–Kier alpha value is -2.89. The van der Waals surface area contributed by atoms with Crippen LogP contribution in [0.2, 0.25) is 0 Å². The van der Waals surface area contributed by atoms with Crippen molar-refractivity contribution in [2.24, 2.45) is 7.05 Å². The first kappa shape index (κ1) is 20.4. The van der Waals surface area contributed by atoms with Crippen molar-refractivity contribution in [1.82, 2.24) is 4.57 Å². The summed E-state index contributed by atoms with van der Waals surface area (Å²) in [6.45, 7) is 7.13. The Bertz CT molecular complexity index is 854. The molecule has 0 bridgehead atoms. The highest BCUT2D eigenvalue weighted by molar-refractivity contribution is 5.99. The molecule has 1 N–H and O–H groups in total. The number of carbonyl (C=O) groups excluding carboxylic acids is 3. The fraction of sp³-hybridized carbons (Fsp3) is 0.381. The van der Waals surface area contributed by atoms with Crippen molar-refractivity contribution in [3.63, 3.8) is 0 Å². The summed E-state index contributed by atoms with van der Waals surface area (Å²) < 4.78 is 6.80. The first-order chi connectivity index (χ1) is 12.7. The molecule has 0 saturated heterocycles. The molecule has 0 aliphatic rings. The highest BCUT2D eigenvalue weighted by Gasteiger charge is 2.23. The van der Waals surface area contributed by atoms with Crippen molar-refractivity contribution >= 4 is 23.3 Å². The lowest BCUT2D eigenvalue weighted by atomic mass is 9.97. The number of benzene rings is 1. The topological polar surface area (TPSA) is 77.4 Å². The van der Waals surface area contributed by atoms with Gasteiger partial charge in [-0.25, -0.2) is 4.79 Å². The number of nitrogens with zero attached hydrogens (tertiary/aromatic N) is 1. The van der Waals surface area contributed by atoms with Gasteiger partial charge in [0.25, 0.3) is 5.91 Å². The summed E-state index contributed by atoms with van der Waals surface area (Å²) >= 11 is 0. The third-order valence-electron chi connectivity index (χ3n) is 4.64. The number of amides is 1. The maximum atomic E-state index is 12.5. The van der Waals surface area contributed by atoms with Gasteiger partial charge in [0, 0.05) is 24.5 Å². The van der Waals surface area contributed by atoms with Crippen LogP contribution < -0.4 is 5.32 Å². The lowest BCUT2D eigenvalue weighted by molar-refractivity contribution is -0.123. The molecule has 0 saturated carbocycles. The van der Waals surface area contributed by atoms with Crippen LogP contribution in [-0.2, 0) is 16.6 Å². The number of ketones is 1. The largest absolute Gasteiger partial charge is 0.448 e. The van der Waals surface area contributed by atoms with Gasteiger partial charge in [0.1, 0.15) is 5.69 Å². The number of Topliss-reactive ketones (excluding diaryl/α,β-unsaturated/α-hetero) is 1. The van der Waals surface area contributed by atoms with E-state index < -0.39 is 18.0 Å². The average Bonchev–Trinajstić information content (AvgIpc) is 3.03. The summed E-state index contributed by atoms with van der Waals surface area (Å²) in [5.74, 6) is -0.896. The van der Waals surface area contributed by atoms with E-state index >= 15 is 0 Å². The quantitative estimate of drug-likeness (QED) is 0.592. The molecule has 0 aliphatic carbocycles. The number of carbonyl (C=O) groups is 3. The van der Waals surface area contributed by atoms with Gasteiger partial charge in [-0.05, 0) is 43.9 Å². The number of hydrogen-bond acceptors (Lipinski definition) is 4. The Morgan fingerprint density at radius 1 is 1.19 bits per heavy atom. The van der Waals surface area contributed by atoms with E-state index in [1.807, 2.05) is 24.3 Å². The van der Waals surface area contributed by atoms with Crippen LogP contribution in [0.15, 0.2) is 36.5 Å². The Kier molecular flexibility index (Phi) is 6.55. The molecule has 1 heterocycles. The number of aromatic nitrogens is 1. The van der Waals surface area contributed by atoms with Crippen LogP contribution in [0, 0.1) is 0 Å². The van der Waals surface area contributed by atoms with Crippen LogP contribution in [0.25, 0.3) is 0 Å². The molecule has 0 unspecified atom stereocenters. The minimum absolute atomic E-state index is 0.142. The van der Waals surface area contributed by atoms with Gasteiger partial charge >= 0.3 is 5.97 Å². The fourth-order valence-electron chi connectivity index (χ4n) is 2.73. The molecule has 144 valence electrons. The van der Waals surface area contributed by atoms with Gasteiger partial charge < -0.3 is 14.6 Å². The molecule has 1 amide bonds. The molecular weight excluding hydrogens is 344 g/mol. The monoisotopic (exact) mass is 370 g/mol. The highest BCUT2D eigenvalue weighted by atomic mass is 16.5. The fourth-order valence-corrected chi connectivity index (χ4v) is 2.73. The zero-order valence-electron chi connectivity index (χ0n) is 16.4. The standard InChI is InChI=1S/C21H26N2O4/c1-6-13(2)17-9-7-8-10-18(17)22-20(25)15(4)27-21(26)19-11-16(14(3)24)12-23(19)5/h7-13,15H,6H2,1-5H3,(H,22,25)/t13-,15+/m1/s1. The second-order valence-corrected chi connectivity index (χ2v) is 6.71. The van der Waals surface area contributed by atoms with E-state index in [2.05, 4.69) is 19.2 Å². The van der Waals surface area contributed by atoms with Gasteiger partial charge in [-0.1, -0.05) is 32.0 Å². The van der Waals surface area contributed by atoms with Gasteiger partial charge in [-0.3, -0.25) is 9.59 Å². The molecule has 6 nitrogen and oxygen atoms in total. The molecule has 2 aromatic rings. The number of esters is 1. The van der Waals surface area contributed by atoms with Crippen LogP contribution in [0.4, 0.5) is 5.69 Å². The Labute approximate surface area is 159 Å². The second kappa shape index (κ2) is 8.66. The van der Waals surface area contributed by atoms with E-state index in [0.29, 0.717) is 11.5 Å². The van der Waals surface area contributed by atoms with Gasteiger partial charge in [-0.15, -0.1) is 0 Å². The molecule has 27 heavy (non-hydrogen) atoms. The van der Waals surface area contributed by atoms with E-state index in [1.54, 1.807) is 13.2 Å². The number of ether oxygens (including phenoxy) is 1. The predicted octanol–water partition coefficient (Wildman–Crippen LogP) is 3.93. The van der Waals surface area contributed by atoms with E-state index in [4.69, 9.17) is 4.74 Å². The summed E-state index contributed by atoms with van der Waals surface area (Å²) in [7, 11) is 1.65. The maximum absolute atomic E-state index is 12.5. The van der Waals surface area contributed by atoms with Crippen molar-refractivity contribution in [3.8, 4) is 0 Å². The normalized spacial score (nSPS) is 12.9. The van der Waals surface area contributed by atoms with Crippen molar-refractivity contribution < 1.29 is 19.1 Å². The van der Waals surface area contributed by atoms with Gasteiger partial charge in [-0.2, -0.15) is 0 Å². The number of para-hydroxylation sites is 1. The molecule has 1 aromatic heterocycles. The molecular formula is C21H26N2O4. The van der Waals surface area contributed by atoms with Crippen molar-refractivity contribution in [2.45, 2.75) is 46.1 Å². The zero-order valence-corrected chi connectivity index (χ0v) is 16.4. The van der Waals surface area contributed by atoms with Crippen LogP contribution in [0.5, 0.6) is 0 Å². The van der Waals surface area contributed by atoms with Gasteiger partial charge in [0.2, 0.25) is 0 Å². The van der Waals surface area contributed by atoms with Crippen LogP contribution in [-0.4, -0.2) is 28.3 Å². The SMILES string of the molecule is CC[C@@H](C)c1ccccc1NC(=O)[C@H](C)OC(=O)c1cc(C(C)=O)cn1C. The maximum Gasteiger partial charge on any atom is 0.355 e. The summed E-state index contributed by atoms with van der Waals surface area (Å²) in [5.41, 5.74) is 2.40. The summed E-state index contributed by atoms with van der Waals surface area (Å²) in [6, 6.07) is 9.07. The smallest absolute Gasteiger partial charge is 0.355 e. The average molecular weight is 370 g/mol. The molecule has 0 aliphatic heterocycles. The van der Waals surface area contributed by atoms with E-state index in [0.717, 1.165) is 17.7 Å².